The zero-order valence-corrected chi connectivity index (χ0v) is 22.0. The van der Waals surface area contributed by atoms with Gasteiger partial charge in [-0.05, 0) is 46.3 Å². The molecule has 0 amide bonds. The highest BCUT2D eigenvalue weighted by atomic mass is 16.5. The minimum atomic E-state index is -0.0349. The minimum Gasteiger partial charge on any atom is -0.484 e. The maximum absolute atomic E-state index is 6.48. The molecule has 1 aromatic carbocycles. The van der Waals surface area contributed by atoms with E-state index in [1.807, 2.05) is 19.3 Å². The highest BCUT2D eigenvalue weighted by Crippen LogP contribution is 2.32. The standard InChI is InChI=1S/C28H42N6O/c1-6-11-25(33-18-20(3)31-21(4)19-33)28-32-24-16-23(17-30-27(24)34(28)7-2)35-26(14-15-29-5)22-12-9-8-10-13-22/h8-10,12-13,16-17,20-21,25-26,29,31H,6-7,11,14-15,18-19H2,1-5H3/t20-,21+,25-,26+/m0/s1. The van der Waals surface area contributed by atoms with Crippen LogP contribution in [0.5, 0.6) is 5.75 Å². The molecule has 0 unspecified atom stereocenters. The van der Waals surface area contributed by atoms with Gasteiger partial charge in [0.2, 0.25) is 0 Å². The first-order chi connectivity index (χ1) is 17.0. The number of imidazole rings is 1. The van der Waals surface area contributed by atoms with Crippen molar-refractivity contribution in [1.82, 2.24) is 30.1 Å². The molecule has 4 rings (SSSR count). The lowest BCUT2D eigenvalue weighted by Crippen LogP contribution is -2.55. The van der Waals surface area contributed by atoms with E-state index in [1.54, 1.807) is 0 Å². The van der Waals surface area contributed by atoms with Crippen LogP contribution in [0.3, 0.4) is 0 Å². The number of ether oxygens (including phenoxy) is 1. The molecule has 7 heteroatoms. The number of benzene rings is 1. The number of hydrogen-bond acceptors (Lipinski definition) is 6. The predicted molar refractivity (Wildman–Crippen MR) is 143 cm³/mol. The Kier molecular flexibility index (Phi) is 8.76. The Balaban J connectivity index is 1.65. The first kappa shape index (κ1) is 25.6. The maximum atomic E-state index is 6.48. The Morgan fingerprint density at radius 2 is 1.86 bits per heavy atom. The van der Waals surface area contributed by atoms with Gasteiger partial charge in [-0.1, -0.05) is 43.7 Å². The summed E-state index contributed by atoms with van der Waals surface area (Å²) in [4.78, 5) is 12.6. The predicted octanol–water partition coefficient (Wildman–Crippen LogP) is 4.70. The fraction of sp³-hybridized carbons (Fsp3) is 0.571. The summed E-state index contributed by atoms with van der Waals surface area (Å²) in [6.07, 6.45) is 4.92. The molecule has 1 aliphatic heterocycles. The summed E-state index contributed by atoms with van der Waals surface area (Å²) in [5, 5.41) is 6.91. The number of aryl methyl sites for hydroxylation is 1. The van der Waals surface area contributed by atoms with Crippen LogP contribution >= 0.6 is 0 Å². The number of rotatable bonds is 11. The first-order valence-corrected chi connectivity index (χ1v) is 13.3. The van der Waals surface area contributed by atoms with E-state index in [-0.39, 0.29) is 6.10 Å². The van der Waals surface area contributed by atoms with E-state index in [2.05, 4.69) is 78.1 Å². The lowest BCUT2D eigenvalue weighted by atomic mass is 10.0. The van der Waals surface area contributed by atoms with Gasteiger partial charge in [0.15, 0.2) is 5.65 Å². The Bertz CT molecular complexity index is 1060. The summed E-state index contributed by atoms with van der Waals surface area (Å²) in [5.74, 6) is 1.90. The Morgan fingerprint density at radius 1 is 1.11 bits per heavy atom. The monoisotopic (exact) mass is 478 g/mol. The second kappa shape index (κ2) is 12.0. The van der Waals surface area contributed by atoms with E-state index in [4.69, 9.17) is 14.7 Å². The molecular formula is C28H42N6O. The third-order valence-electron chi connectivity index (χ3n) is 6.90. The third kappa shape index (κ3) is 6.02. The second-order valence-corrected chi connectivity index (χ2v) is 9.86. The lowest BCUT2D eigenvalue weighted by molar-refractivity contribution is 0.110. The van der Waals surface area contributed by atoms with E-state index in [0.29, 0.717) is 18.1 Å². The summed E-state index contributed by atoms with van der Waals surface area (Å²) < 4.78 is 8.77. The van der Waals surface area contributed by atoms with Crippen LogP contribution in [0.4, 0.5) is 0 Å². The molecule has 0 spiro atoms. The van der Waals surface area contributed by atoms with Gasteiger partial charge in [-0.25, -0.2) is 9.97 Å². The van der Waals surface area contributed by atoms with E-state index in [9.17, 15) is 0 Å². The van der Waals surface area contributed by atoms with Crippen molar-refractivity contribution in [2.24, 2.45) is 0 Å². The van der Waals surface area contributed by atoms with Crippen molar-refractivity contribution in [3.8, 4) is 5.75 Å². The van der Waals surface area contributed by atoms with Crippen molar-refractivity contribution in [3.63, 3.8) is 0 Å². The van der Waals surface area contributed by atoms with Crippen molar-refractivity contribution >= 4 is 11.2 Å². The topological polar surface area (TPSA) is 67.2 Å². The second-order valence-electron chi connectivity index (χ2n) is 9.86. The third-order valence-corrected chi connectivity index (χ3v) is 6.90. The van der Waals surface area contributed by atoms with E-state index >= 15 is 0 Å². The SMILES string of the molecule is CCC[C@@H](c1nc2cc(O[C@H](CCNC)c3ccccc3)cnc2n1CC)N1C[C@@H](C)N[C@@H](C)C1. The van der Waals surface area contributed by atoms with E-state index in [0.717, 1.165) is 68.2 Å². The number of pyridine rings is 1. The molecule has 3 heterocycles. The Labute approximate surface area is 210 Å². The van der Waals surface area contributed by atoms with Gasteiger partial charge in [0.05, 0.1) is 12.2 Å². The van der Waals surface area contributed by atoms with E-state index in [1.165, 1.54) is 5.56 Å². The van der Waals surface area contributed by atoms with Gasteiger partial charge in [-0.3, -0.25) is 4.90 Å². The zero-order valence-electron chi connectivity index (χ0n) is 22.0. The number of piperazine rings is 1. The summed E-state index contributed by atoms with van der Waals surface area (Å²) in [7, 11) is 1.97. The van der Waals surface area contributed by atoms with Crippen LogP contribution in [0.1, 0.15) is 70.5 Å². The molecule has 2 aromatic heterocycles. The van der Waals surface area contributed by atoms with Crippen molar-refractivity contribution in [2.45, 2.75) is 77.7 Å². The summed E-state index contributed by atoms with van der Waals surface area (Å²) in [6.45, 7) is 12.8. The van der Waals surface area contributed by atoms with Crippen LogP contribution < -0.4 is 15.4 Å². The van der Waals surface area contributed by atoms with Crippen LogP contribution in [0.25, 0.3) is 11.2 Å². The normalized spacial score (nSPS) is 20.7. The van der Waals surface area contributed by atoms with Crippen LogP contribution in [-0.2, 0) is 6.54 Å². The average Bonchev–Trinajstić information content (AvgIpc) is 3.22. The lowest BCUT2D eigenvalue weighted by Gasteiger charge is -2.40. The molecule has 7 nitrogen and oxygen atoms in total. The number of fused-ring (bicyclic) bond motifs is 1. The molecule has 1 fully saturated rings. The number of hydrogen-bond donors (Lipinski definition) is 2. The first-order valence-electron chi connectivity index (χ1n) is 13.3. The molecule has 190 valence electrons. The van der Waals surface area contributed by atoms with Gasteiger partial charge >= 0.3 is 0 Å². The van der Waals surface area contributed by atoms with Crippen LogP contribution in [-0.4, -0.2) is 58.2 Å². The van der Waals surface area contributed by atoms with Gasteiger partial charge in [0.1, 0.15) is 23.2 Å². The maximum Gasteiger partial charge on any atom is 0.160 e. The van der Waals surface area contributed by atoms with Crippen molar-refractivity contribution < 1.29 is 4.74 Å². The average molecular weight is 479 g/mol. The van der Waals surface area contributed by atoms with Gasteiger partial charge in [0, 0.05) is 44.2 Å². The summed E-state index contributed by atoms with van der Waals surface area (Å²) in [6, 6.07) is 13.7. The fourth-order valence-electron chi connectivity index (χ4n) is 5.41. The van der Waals surface area contributed by atoms with Crippen LogP contribution in [0, 0.1) is 0 Å². The largest absolute Gasteiger partial charge is 0.484 e. The highest BCUT2D eigenvalue weighted by molar-refractivity contribution is 5.73. The van der Waals surface area contributed by atoms with Crippen LogP contribution in [0.15, 0.2) is 42.6 Å². The molecule has 1 aliphatic rings. The van der Waals surface area contributed by atoms with Crippen LogP contribution in [0.2, 0.25) is 0 Å². The number of nitrogens with zero attached hydrogens (tertiary/aromatic N) is 4. The quantitative estimate of drug-likeness (QED) is 0.416. The summed E-state index contributed by atoms with van der Waals surface area (Å²) in [5.41, 5.74) is 3.03. The van der Waals surface area contributed by atoms with Gasteiger partial charge in [-0.2, -0.15) is 0 Å². The molecule has 4 atom stereocenters. The molecule has 1 saturated heterocycles. The Hall–Kier alpha value is -2.48. The fourth-order valence-corrected chi connectivity index (χ4v) is 5.41. The van der Waals surface area contributed by atoms with Crippen molar-refractivity contribution in [2.75, 3.05) is 26.7 Å². The molecule has 35 heavy (non-hydrogen) atoms. The van der Waals surface area contributed by atoms with E-state index < -0.39 is 0 Å². The van der Waals surface area contributed by atoms with Gasteiger partial charge in [-0.15, -0.1) is 0 Å². The minimum absolute atomic E-state index is 0.0349. The molecule has 0 bridgehead atoms. The van der Waals surface area contributed by atoms with Gasteiger partial charge in [0.25, 0.3) is 0 Å². The smallest absolute Gasteiger partial charge is 0.160 e. The number of aromatic nitrogens is 3. The molecule has 3 aromatic rings. The Morgan fingerprint density at radius 3 is 2.51 bits per heavy atom. The molecular weight excluding hydrogens is 436 g/mol. The molecule has 2 N–H and O–H groups in total. The highest BCUT2D eigenvalue weighted by Gasteiger charge is 2.31. The number of nitrogens with one attached hydrogen (secondary N) is 2. The molecule has 0 saturated carbocycles. The molecule has 0 aliphatic carbocycles. The molecule has 0 radical (unpaired) electrons. The van der Waals surface area contributed by atoms with Gasteiger partial charge < -0.3 is 19.9 Å². The van der Waals surface area contributed by atoms with Crippen molar-refractivity contribution in [3.05, 3.63) is 54.0 Å². The zero-order chi connectivity index (χ0) is 24.8. The summed E-state index contributed by atoms with van der Waals surface area (Å²) >= 11 is 0. The van der Waals surface area contributed by atoms with Crippen molar-refractivity contribution in [1.29, 1.82) is 0 Å².